The largest absolute Gasteiger partial charge is 0.416 e. The van der Waals surface area contributed by atoms with Gasteiger partial charge in [0.15, 0.2) is 0 Å². The van der Waals surface area contributed by atoms with Crippen LogP contribution >= 0.6 is 0 Å². The van der Waals surface area contributed by atoms with Crippen molar-refractivity contribution in [3.05, 3.63) is 29.3 Å². The second-order valence-corrected chi connectivity index (χ2v) is 4.67. The van der Waals surface area contributed by atoms with E-state index in [-0.39, 0.29) is 18.2 Å². The van der Waals surface area contributed by atoms with Gasteiger partial charge in [-0.05, 0) is 30.2 Å². The zero-order valence-corrected chi connectivity index (χ0v) is 10.7. The van der Waals surface area contributed by atoms with Crippen LogP contribution in [0.4, 0.5) is 18.9 Å². The second kappa shape index (κ2) is 5.38. The van der Waals surface area contributed by atoms with Gasteiger partial charge in [0.25, 0.3) is 0 Å². The van der Waals surface area contributed by atoms with E-state index in [1.165, 1.54) is 12.1 Å². The number of ether oxygens (including phenoxy) is 1. The molecule has 1 aliphatic heterocycles. The van der Waals surface area contributed by atoms with Crippen LogP contribution in [0.25, 0.3) is 0 Å². The summed E-state index contributed by atoms with van der Waals surface area (Å²) in [6.07, 6.45) is -3.47. The van der Waals surface area contributed by atoms with E-state index < -0.39 is 11.7 Å². The summed E-state index contributed by atoms with van der Waals surface area (Å²) < 4.78 is 43.6. The Kier molecular flexibility index (Phi) is 4.01. The van der Waals surface area contributed by atoms with E-state index in [1.807, 2.05) is 11.9 Å². The maximum atomic E-state index is 12.8. The zero-order chi connectivity index (χ0) is 14.0. The van der Waals surface area contributed by atoms with E-state index in [2.05, 4.69) is 0 Å². The molecule has 0 aromatic heterocycles. The maximum Gasteiger partial charge on any atom is 0.416 e. The lowest BCUT2D eigenvalue weighted by atomic mass is 10.0. The van der Waals surface area contributed by atoms with Crippen LogP contribution in [0.2, 0.25) is 0 Å². The first kappa shape index (κ1) is 14.1. The molecule has 1 heterocycles. The van der Waals surface area contributed by atoms with Gasteiger partial charge in [-0.3, -0.25) is 0 Å². The number of nitrogens with zero attached hydrogens (tertiary/aromatic N) is 1. The topological polar surface area (TPSA) is 38.5 Å². The molecule has 0 aliphatic carbocycles. The smallest absolute Gasteiger partial charge is 0.379 e. The molecule has 1 unspecified atom stereocenters. The van der Waals surface area contributed by atoms with Gasteiger partial charge in [0.05, 0.1) is 18.2 Å². The minimum absolute atomic E-state index is 0.121. The van der Waals surface area contributed by atoms with E-state index >= 15 is 0 Å². The fourth-order valence-corrected chi connectivity index (χ4v) is 2.28. The Labute approximate surface area is 110 Å². The molecular formula is C13H17F3N2O. The van der Waals surface area contributed by atoms with E-state index in [0.717, 1.165) is 18.2 Å². The molecule has 0 amide bonds. The molecule has 106 valence electrons. The van der Waals surface area contributed by atoms with Crippen LogP contribution in [0.5, 0.6) is 0 Å². The third-order valence-electron chi connectivity index (χ3n) is 3.47. The second-order valence-electron chi connectivity index (χ2n) is 4.67. The van der Waals surface area contributed by atoms with Crippen LogP contribution in [0.3, 0.4) is 0 Å². The first-order valence-corrected chi connectivity index (χ1v) is 6.14. The summed E-state index contributed by atoms with van der Waals surface area (Å²) in [5, 5.41) is 0. The number of hydrogen-bond acceptors (Lipinski definition) is 3. The number of alkyl halides is 3. The van der Waals surface area contributed by atoms with Gasteiger partial charge in [0, 0.05) is 25.9 Å². The number of nitrogens with two attached hydrogens (primary N) is 1. The normalized spacial score (nSPS) is 19.7. The summed E-state index contributed by atoms with van der Waals surface area (Å²) in [4.78, 5) is 1.95. The van der Waals surface area contributed by atoms with E-state index in [9.17, 15) is 13.2 Å². The highest BCUT2D eigenvalue weighted by Crippen LogP contribution is 2.34. The quantitative estimate of drug-likeness (QED) is 0.919. The monoisotopic (exact) mass is 274 g/mol. The Hall–Kier alpha value is -1.27. The Morgan fingerprint density at radius 3 is 2.68 bits per heavy atom. The lowest BCUT2D eigenvalue weighted by Crippen LogP contribution is -2.32. The van der Waals surface area contributed by atoms with Crippen molar-refractivity contribution < 1.29 is 17.9 Å². The first-order chi connectivity index (χ1) is 8.93. The summed E-state index contributed by atoms with van der Waals surface area (Å²) in [5.74, 6) is 0. The number of rotatable bonds is 3. The summed E-state index contributed by atoms with van der Waals surface area (Å²) in [7, 11) is 1.86. The molecule has 19 heavy (non-hydrogen) atoms. The summed E-state index contributed by atoms with van der Waals surface area (Å²) in [6.45, 7) is 1.17. The molecule has 0 saturated carbocycles. The fourth-order valence-electron chi connectivity index (χ4n) is 2.28. The number of hydrogen-bond donors (Lipinski definition) is 1. The molecule has 1 aromatic rings. The van der Waals surface area contributed by atoms with Gasteiger partial charge in [-0.1, -0.05) is 0 Å². The van der Waals surface area contributed by atoms with Crippen molar-refractivity contribution in [2.24, 2.45) is 5.73 Å². The minimum Gasteiger partial charge on any atom is -0.379 e. The van der Waals surface area contributed by atoms with Crippen molar-refractivity contribution in [3.8, 4) is 0 Å². The van der Waals surface area contributed by atoms with Crippen LogP contribution in [-0.4, -0.2) is 26.3 Å². The minimum atomic E-state index is -4.36. The Bertz CT molecular complexity index is 442. The molecule has 1 atom stereocenters. The SMILES string of the molecule is CN(c1ccc(C(F)(F)F)c(CN)c1)C1CCOC1. The highest BCUT2D eigenvalue weighted by atomic mass is 19.4. The predicted octanol–water partition coefficient (Wildman–Crippen LogP) is 2.39. The van der Waals surface area contributed by atoms with Crippen LogP contribution < -0.4 is 10.6 Å². The zero-order valence-electron chi connectivity index (χ0n) is 10.7. The average Bonchev–Trinajstić information content (AvgIpc) is 2.89. The highest BCUT2D eigenvalue weighted by molar-refractivity contribution is 5.52. The third-order valence-corrected chi connectivity index (χ3v) is 3.47. The fraction of sp³-hybridized carbons (Fsp3) is 0.538. The molecule has 0 spiro atoms. The summed E-state index contributed by atoms with van der Waals surface area (Å²) in [5.41, 5.74) is 5.63. The van der Waals surface area contributed by atoms with Gasteiger partial charge < -0.3 is 15.4 Å². The summed E-state index contributed by atoms with van der Waals surface area (Å²) >= 11 is 0. The van der Waals surface area contributed by atoms with Crippen LogP contribution in [0.15, 0.2) is 18.2 Å². The maximum absolute atomic E-state index is 12.8. The van der Waals surface area contributed by atoms with Crippen molar-refractivity contribution in [1.82, 2.24) is 0 Å². The molecular weight excluding hydrogens is 257 g/mol. The van der Waals surface area contributed by atoms with Crippen molar-refractivity contribution in [1.29, 1.82) is 0 Å². The van der Waals surface area contributed by atoms with Crippen LogP contribution in [-0.2, 0) is 17.5 Å². The number of anilines is 1. The van der Waals surface area contributed by atoms with Crippen molar-refractivity contribution >= 4 is 5.69 Å². The average molecular weight is 274 g/mol. The molecule has 1 fully saturated rings. The van der Waals surface area contributed by atoms with Gasteiger partial charge in [0.1, 0.15) is 0 Å². The van der Waals surface area contributed by atoms with Gasteiger partial charge in [0.2, 0.25) is 0 Å². The molecule has 6 heteroatoms. The van der Waals surface area contributed by atoms with Crippen molar-refractivity contribution in [2.45, 2.75) is 25.2 Å². The molecule has 1 aliphatic rings. The van der Waals surface area contributed by atoms with Crippen molar-refractivity contribution in [2.75, 3.05) is 25.2 Å². The van der Waals surface area contributed by atoms with Gasteiger partial charge in [-0.2, -0.15) is 13.2 Å². The molecule has 0 bridgehead atoms. The molecule has 2 N–H and O–H groups in total. The predicted molar refractivity (Wildman–Crippen MR) is 67.0 cm³/mol. The Morgan fingerprint density at radius 2 is 2.16 bits per heavy atom. The molecule has 0 radical (unpaired) electrons. The van der Waals surface area contributed by atoms with Gasteiger partial charge in [-0.25, -0.2) is 0 Å². The molecule has 3 nitrogen and oxygen atoms in total. The standard InChI is InChI=1S/C13H17F3N2O/c1-18(11-4-5-19-8-11)10-2-3-12(13(14,15)16)9(6-10)7-17/h2-3,6,11H,4-5,7-8,17H2,1H3. The lowest BCUT2D eigenvalue weighted by Gasteiger charge is -2.26. The van der Waals surface area contributed by atoms with Crippen LogP contribution in [0.1, 0.15) is 17.5 Å². The number of benzene rings is 1. The van der Waals surface area contributed by atoms with E-state index in [0.29, 0.717) is 13.2 Å². The first-order valence-electron chi connectivity index (χ1n) is 6.14. The summed E-state index contributed by atoms with van der Waals surface area (Å²) in [6, 6.07) is 4.31. The van der Waals surface area contributed by atoms with E-state index in [4.69, 9.17) is 10.5 Å². The number of likely N-dealkylation sites (N-methyl/N-ethyl adjacent to an activating group) is 1. The van der Waals surface area contributed by atoms with Crippen LogP contribution in [0, 0.1) is 0 Å². The van der Waals surface area contributed by atoms with Crippen molar-refractivity contribution in [3.63, 3.8) is 0 Å². The Morgan fingerprint density at radius 1 is 1.42 bits per heavy atom. The highest BCUT2D eigenvalue weighted by Gasteiger charge is 2.33. The lowest BCUT2D eigenvalue weighted by molar-refractivity contribution is -0.138. The molecule has 1 aromatic carbocycles. The third kappa shape index (κ3) is 3.01. The van der Waals surface area contributed by atoms with Gasteiger partial charge in [-0.15, -0.1) is 0 Å². The number of halogens is 3. The van der Waals surface area contributed by atoms with Gasteiger partial charge >= 0.3 is 6.18 Å². The molecule has 1 saturated heterocycles. The van der Waals surface area contributed by atoms with E-state index in [1.54, 1.807) is 0 Å². The molecule has 2 rings (SSSR count). The Balaban J connectivity index is 2.28.